The molecule has 24 heavy (non-hydrogen) atoms. The van der Waals surface area contributed by atoms with Gasteiger partial charge in [-0.1, -0.05) is 49.5 Å². The number of carboxylic acid groups (broad SMARTS) is 1. The number of aliphatic hydroxyl groups is 1. The van der Waals surface area contributed by atoms with Crippen LogP contribution in [0.3, 0.4) is 0 Å². The molecule has 0 fully saturated rings. The van der Waals surface area contributed by atoms with Gasteiger partial charge in [-0.3, -0.25) is 9.59 Å². The zero-order valence-electron chi connectivity index (χ0n) is 14.3. The molecule has 1 rings (SSSR count). The fourth-order valence-electron chi connectivity index (χ4n) is 2.59. The van der Waals surface area contributed by atoms with Crippen molar-refractivity contribution in [3.05, 3.63) is 48.6 Å². The van der Waals surface area contributed by atoms with Crippen LogP contribution in [-0.4, -0.2) is 28.1 Å². The van der Waals surface area contributed by atoms with Gasteiger partial charge in [0, 0.05) is 18.3 Å². The second-order valence-corrected chi connectivity index (χ2v) is 6.01. The van der Waals surface area contributed by atoms with Gasteiger partial charge in [0.25, 0.3) is 0 Å². The van der Waals surface area contributed by atoms with Crippen LogP contribution in [0.2, 0.25) is 0 Å². The lowest BCUT2D eigenvalue weighted by atomic mass is 9.90. The number of hydrogen-bond acceptors (Lipinski definition) is 3. The molecule has 1 aliphatic carbocycles. The Kier molecular flexibility index (Phi) is 9.70. The summed E-state index contributed by atoms with van der Waals surface area (Å²) in [7, 11) is 0. The average Bonchev–Trinajstić information content (AvgIpc) is 2.89. The van der Waals surface area contributed by atoms with Gasteiger partial charge in [0.15, 0.2) is 5.78 Å². The predicted molar refractivity (Wildman–Crippen MR) is 95.6 cm³/mol. The van der Waals surface area contributed by atoms with Crippen molar-refractivity contribution < 1.29 is 19.8 Å². The molecule has 4 heteroatoms. The first-order valence-corrected chi connectivity index (χ1v) is 8.64. The predicted octanol–water partition coefficient (Wildman–Crippen LogP) is 3.83. The van der Waals surface area contributed by atoms with Gasteiger partial charge in [-0.2, -0.15) is 0 Å². The summed E-state index contributed by atoms with van der Waals surface area (Å²) in [5, 5.41) is 18.5. The summed E-state index contributed by atoms with van der Waals surface area (Å²) in [5.74, 6) is -0.766. The molecular weight excluding hydrogens is 304 g/mol. The van der Waals surface area contributed by atoms with Gasteiger partial charge in [-0.15, -0.1) is 0 Å². The Labute approximate surface area is 144 Å². The first kappa shape index (κ1) is 20.1. The minimum Gasteiger partial charge on any atom is -0.481 e. The maximum Gasteiger partial charge on any atom is 0.303 e. The second-order valence-electron chi connectivity index (χ2n) is 6.01. The normalized spacial score (nSPS) is 22.3. The van der Waals surface area contributed by atoms with Crippen molar-refractivity contribution in [1.82, 2.24) is 0 Å². The van der Waals surface area contributed by atoms with Crippen molar-refractivity contribution in [1.29, 1.82) is 0 Å². The summed E-state index contributed by atoms with van der Waals surface area (Å²) < 4.78 is 0. The number of carbonyl (C=O) groups is 2. The van der Waals surface area contributed by atoms with E-state index in [2.05, 4.69) is 0 Å². The van der Waals surface area contributed by atoms with Crippen LogP contribution in [0.25, 0.3) is 0 Å². The van der Waals surface area contributed by atoms with Crippen LogP contribution in [0.5, 0.6) is 0 Å². The molecular formula is C20H28O4. The van der Waals surface area contributed by atoms with Crippen LogP contribution < -0.4 is 0 Å². The molecule has 0 bridgehead atoms. The fourth-order valence-corrected chi connectivity index (χ4v) is 2.59. The lowest BCUT2D eigenvalue weighted by molar-refractivity contribution is -0.137. The van der Waals surface area contributed by atoms with Crippen molar-refractivity contribution in [3.8, 4) is 0 Å². The Morgan fingerprint density at radius 1 is 1.29 bits per heavy atom. The standard InChI is InChI=1S/C20H28O4/c1-2-3-6-9-17(21)14-12-16-13-15-19(22)18(16)10-7-4-5-8-11-20(23)24/h3-4,6-7,12-18,21H,2,5,8-11H2,1H3,(H,23,24)/b6-3+,7-4+,14-12+/t16-,17+,18-/m1/s1. The summed E-state index contributed by atoms with van der Waals surface area (Å²) in [6.07, 6.45) is 18.2. The number of carbonyl (C=O) groups excluding carboxylic acids is 1. The van der Waals surface area contributed by atoms with E-state index >= 15 is 0 Å². The molecule has 0 aromatic carbocycles. The number of carboxylic acids is 1. The van der Waals surface area contributed by atoms with E-state index in [0.29, 0.717) is 25.7 Å². The molecule has 0 aromatic rings. The molecule has 0 heterocycles. The van der Waals surface area contributed by atoms with E-state index in [1.165, 1.54) is 0 Å². The number of unbranched alkanes of at least 4 members (excludes halogenated alkanes) is 1. The molecule has 0 unspecified atom stereocenters. The van der Waals surface area contributed by atoms with Crippen molar-refractivity contribution in [2.75, 3.05) is 0 Å². The third-order valence-electron chi connectivity index (χ3n) is 3.97. The van der Waals surface area contributed by atoms with Gasteiger partial charge in [-0.25, -0.2) is 0 Å². The first-order chi connectivity index (χ1) is 11.5. The third-order valence-corrected chi connectivity index (χ3v) is 3.97. The molecule has 0 amide bonds. The van der Waals surface area contributed by atoms with Gasteiger partial charge in [-0.05, 0) is 38.2 Å². The molecule has 0 aliphatic heterocycles. The number of aliphatic carboxylic acids is 1. The number of hydrogen-bond donors (Lipinski definition) is 2. The summed E-state index contributed by atoms with van der Waals surface area (Å²) in [5.41, 5.74) is 0. The van der Waals surface area contributed by atoms with Crippen LogP contribution in [0.4, 0.5) is 0 Å². The fraction of sp³-hybridized carbons (Fsp3) is 0.500. The van der Waals surface area contributed by atoms with Crippen molar-refractivity contribution in [2.45, 2.75) is 51.6 Å². The summed E-state index contributed by atoms with van der Waals surface area (Å²) in [6.45, 7) is 2.05. The van der Waals surface area contributed by atoms with E-state index in [1.807, 2.05) is 43.4 Å². The third kappa shape index (κ3) is 8.06. The average molecular weight is 332 g/mol. The minimum atomic E-state index is -0.781. The van der Waals surface area contributed by atoms with Crippen LogP contribution in [0.15, 0.2) is 48.6 Å². The lowest BCUT2D eigenvalue weighted by Gasteiger charge is -2.13. The smallest absolute Gasteiger partial charge is 0.303 e. The molecule has 0 saturated carbocycles. The Balaban J connectivity index is 2.42. The number of aliphatic hydroxyl groups excluding tert-OH is 1. The highest BCUT2D eigenvalue weighted by Crippen LogP contribution is 2.27. The highest BCUT2D eigenvalue weighted by molar-refractivity contribution is 5.95. The van der Waals surface area contributed by atoms with Crippen LogP contribution in [-0.2, 0) is 9.59 Å². The molecule has 4 nitrogen and oxygen atoms in total. The van der Waals surface area contributed by atoms with Gasteiger partial charge >= 0.3 is 5.97 Å². The Morgan fingerprint density at radius 2 is 2.08 bits per heavy atom. The zero-order valence-corrected chi connectivity index (χ0v) is 14.3. The van der Waals surface area contributed by atoms with Crippen molar-refractivity contribution in [2.24, 2.45) is 11.8 Å². The number of ketones is 1. The van der Waals surface area contributed by atoms with E-state index in [1.54, 1.807) is 12.2 Å². The maximum absolute atomic E-state index is 11.9. The lowest BCUT2D eigenvalue weighted by Crippen LogP contribution is -2.14. The minimum absolute atomic E-state index is 0.0194. The van der Waals surface area contributed by atoms with E-state index in [0.717, 1.165) is 6.42 Å². The molecule has 2 N–H and O–H groups in total. The van der Waals surface area contributed by atoms with Gasteiger partial charge in [0.05, 0.1) is 6.10 Å². The van der Waals surface area contributed by atoms with Crippen LogP contribution in [0, 0.1) is 11.8 Å². The maximum atomic E-state index is 11.9. The van der Waals surface area contributed by atoms with E-state index in [9.17, 15) is 14.7 Å². The topological polar surface area (TPSA) is 74.6 Å². The van der Waals surface area contributed by atoms with Crippen molar-refractivity contribution in [3.63, 3.8) is 0 Å². The van der Waals surface area contributed by atoms with Gasteiger partial charge in [0.2, 0.25) is 0 Å². The monoisotopic (exact) mass is 332 g/mol. The van der Waals surface area contributed by atoms with Crippen LogP contribution in [0.1, 0.15) is 45.4 Å². The zero-order chi connectivity index (χ0) is 17.8. The molecule has 132 valence electrons. The molecule has 3 atom stereocenters. The Hall–Kier alpha value is -1.94. The second kappa shape index (κ2) is 11.6. The quantitative estimate of drug-likeness (QED) is 0.445. The van der Waals surface area contributed by atoms with Gasteiger partial charge < -0.3 is 10.2 Å². The van der Waals surface area contributed by atoms with Crippen molar-refractivity contribution >= 4 is 11.8 Å². The Morgan fingerprint density at radius 3 is 2.79 bits per heavy atom. The molecule has 0 saturated heterocycles. The summed E-state index contributed by atoms with van der Waals surface area (Å²) in [4.78, 5) is 22.4. The SMILES string of the molecule is CC/C=C/C[C@H](O)/C=C/[C@@H]1C=CC(=O)[C@@H]1C/C=C/CCCC(=O)O. The van der Waals surface area contributed by atoms with E-state index < -0.39 is 12.1 Å². The van der Waals surface area contributed by atoms with E-state index in [-0.39, 0.29) is 24.0 Å². The van der Waals surface area contributed by atoms with Gasteiger partial charge in [0.1, 0.15) is 0 Å². The van der Waals surface area contributed by atoms with E-state index in [4.69, 9.17) is 5.11 Å². The number of rotatable bonds is 11. The largest absolute Gasteiger partial charge is 0.481 e. The molecule has 0 aromatic heterocycles. The summed E-state index contributed by atoms with van der Waals surface area (Å²) >= 11 is 0. The molecule has 0 radical (unpaired) electrons. The number of allylic oxidation sites excluding steroid dienone is 6. The molecule has 1 aliphatic rings. The highest BCUT2D eigenvalue weighted by atomic mass is 16.4. The molecule has 0 spiro atoms. The summed E-state index contributed by atoms with van der Waals surface area (Å²) in [6, 6.07) is 0. The highest BCUT2D eigenvalue weighted by Gasteiger charge is 2.27. The van der Waals surface area contributed by atoms with Crippen LogP contribution >= 0.6 is 0 Å². The Bertz CT molecular complexity index is 514. The first-order valence-electron chi connectivity index (χ1n) is 8.64.